The van der Waals surface area contributed by atoms with Gasteiger partial charge in [0, 0.05) is 12.8 Å². The lowest BCUT2D eigenvalue weighted by molar-refractivity contribution is -0.138. The first-order valence-electron chi connectivity index (χ1n) is 12.8. The van der Waals surface area contributed by atoms with E-state index in [4.69, 9.17) is 10.2 Å². The van der Waals surface area contributed by atoms with Crippen LogP contribution in [0.4, 0.5) is 0 Å². The minimum atomic E-state index is -0.686. The fourth-order valence-corrected chi connectivity index (χ4v) is 4.17. The van der Waals surface area contributed by atoms with Crippen LogP contribution in [0.15, 0.2) is 18.2 Å². The van der Waals surface area contributed by atoms with E-state index in [0.29, 0.717) is 12.8 Å². The predicted octanol–water partition coefficient (Wildman–Crippen LogP) is 7.70. The Morgan fingerprint density at radius 3 is 1.47 bits per heavy atom. The fraction of sp³-hybridized carbons (Fsp3) is 0.714. The van der Waals surface area contributed by atoms with Crippen LogP contribution in [0.25, 0.3) is 0 Å². The van der Waals surface area contributed by atoms with Crippen molar-refractivity contribution in [2.75, 3.05) is 0 Å². The fourth-order valence-electron chi connectivity index (χ4n) is 4.17. The van der Waals surface area contributed by atoms with Crippen LogP contribution in [0.1, 0.15) is 127 Å². The largest absolute Gasteiger partial charge is 0.481 e. The van der Waals surface area contributed by atoms with Crippen LogP contribution < -0.4 is 0 Å². The summed E-state index contributed by atoms with van der Waals surface area (Å²) in [5.41, 5.74) is 4.56. The highest BCUT2D eigenvalue weighted by Gasteiger charge is 2.15. The molecule has 0 saturated heterocycles. The van der Waals surface area contributed by atoms with Crippen molar-refractivity contribution in [3.05, 3.63) is 34.9 Å². The minimum Gasteiger partial charge on any atom is -0.481 e. The molecule has 0 aliphatic heterocycles. The Labute approximate surface area is 195 Å². The van der Waals surface area contributed by atoms with Gasteiger partial charge in [-0.25, -0.2) is 0 Å². The molecule has 0 radical (unpaired) electrons. The number of carbonyl (C=O) groups is 2. The molecule has 0 aliphatic rings. The van der Waals surface area contributed by atoms with Crippen molar-refractivity contribution in [1.82, 2.24) is 0 Å². The standard InChI is InChI=1S/C28H46O4/c1-28(2,3)25-21-20-23(16-12-8-4-6-10-14-18-26(29)30)24(22-25)17-13-9-5-7-11-15-19-27(31)32/h20-22H,4-19H2,1-3H3,(H,29,30)(H,31,32). The van der Waals surface area contributed by atoms with Crippen LogP contribution in [0.2, 0.25) is 0 Å². The van der Waals surface area contributed by atoms with Crippen molar-refractivity contribution in [3.63, 3.8) is 0 Å². The number of carboxylic acid groups (broad SMARTS) is 2. The Kier molecular flexibility index (Phi) is 14.0. The second-order valence-corrected chi connectivity index (χ2v) is 10.3. The summed E-state index contributed by atoms with van der Waals surface area (Å²) in [5, 5.41) is 17.4. The smallest absolute Gasteiger partial charge is 0.303 e. The third-order valence-corrected chi connectivity index (χ3v) is 6.25. The van der Waals surface area contributed by atoms with Gasteiger partial charge < -0.3 is 10.2 Å². The molecule has 0 fully saturated rings. The van der Waals surface area contributed by atoms with Gasteiger partial charge in [-0.05, 0) is 60.6 Å². The second kappa shape index (κ2) is 15.9. The van der Waals surface area contributed by atoms with Crippen LogP contribution in [0.5, 0.6) is 0 Å². The van der Waals surface area contributed by atoms with Gasteiger partial charge in [-0.3, -0.25) is 9.59 Å². The van der Waals surface area contributed by atoms with E-state index in [1.54, 1.807) is 0 Å². The van der Waals surface area contributed by atoms with Crippen molar-refractivity contribution in [2.45, 2.75) is 129 Å². The highest BCUT2D eigenvalue weighted by Crippen LogP contribution is 2.27. The van der Waals surface area contributed by atoms with E-state index in [-0.39, 0.29) is 5.41 Å². The summed E-state index contributed by atoms with van der Waals surface area (Å²) in [6.07, 6.45) is 16.0. The maximum Gasteiger partial charge on any atom is 0.303 e. The first-order valence-corrected chi connectivity index (χ1v) is 12.8. The molecule has 182 valence electrons. The summed E-state index contributed by atoms with van der Waals surface area (Å²) in [7, 11) is 0. The summed E-state index contributed by atoms with van der Waals surface area (Å²) < 4.78 is 0. The lowest BCUT2D eigenvalue weighted by Crippen LogP contribution is -2.12. The molecule has 1 aromatic rings. The second-order valence-electron chi connectivity index (χ2n) is 10.3. The van der Waals surface area contributed by atoms with E-state index in [1.165, 1.54) is 55.2 Å². The van der Waals surface area contributed by atoms with Gasteiger partial charge in [0.25, 0.3) is 0 Å². The van der Waals surface area contributed by atoms with Gasteiger partial charge in [-0.2, -0.15) is 0 Å². The van der Waals surface area contributed by atoms with Crippen LogP contribution >= 0.6 is 0 Å². The number of benzene rings is 1. The number of carboxylic acids is 2. The summed E-state index contributed by atoms with van der Waals surface area (Å²) >= 11 is 0. The Hall–Kier alpha value is -1.84. The maximum atomic E-state index is 10.6. The van der Waals surface area contributed by atoms with Crippen LogP contribution in [-0.2, 0) is 27.8 Å². The maximum absolute atomic E-state index is 10.6. The number of rotatable bonds is 18. The van der Waals surface area contributed by atoms with Crippen LogP contribution in [0, 0.1) is 0 Å². The average Bonchev–Trinajstić information content (AvgIpc) is 2.71. The molecule has 32 heavy (non-hydrogen) atoms. The normalized spacial score (nSPS) is 11.6. The first kappa shape index (κ1) is 28.2. The Morgan fingerprint density at radius 2 is 1.03 bits per heavy atom. The van der Waals surface area contributed by atoms with Crippen molar-refractivity contribution in [1.29, 1.82) is 0 Å². The van der Waals surface area contributed by atoms with Gasteiger partial charge in [0.2, 0.25) is 0 Å². The molecule has 0 heterocycles. The van der Waals surface area contributed by atoms with E-state index >= 15 is 0 Å². The van der Waals surface area contributed by atoms with Gasteiger partial charge in [-0.15, -0.1) is 0 Å². The lowest BCUT2D eigenvalue weighted by atomic mass is 9.83. The SMILES string of the molecule is CC(C)(C)c1ccc(CCCCCCCCC(=O)O)c(CCCCCCCCC(=O)O)c1. The van der Waals surface area contributed by atoms with E-state index in [0.717, 1.165) is 51.4 Å². The third-order valence-electron chi connectivity index (χ3n) is 6.25. The van der Waals surface area contributed by atoms with Crippen molar-refractivity contribution < 1.29 is 19.8 Å². The van der Waals surface area contributed by atoms with Crippen molar-refractivity contribution >= 4 is 11.9 Å². The van der Waals surface area contributed by atoms with Crippen molar-refractivity contribution in [3.8, 4) is 0 Å². The molecular weight excluding hydrogens is 400 g/mol. The molecule has 0 aromatic heterocycles. The molecule has 0 spiro atoms. The summed E-state index contributed by atoms with van der Waals surface area (Å²) in [6, 6.07) is 7.07. The van der Waals surface area contributed by atoms with E-state index in [9.17, 15) is 9.59 Å². The Bertz CT molecular complexity index is 673. The Morgan fingerprint density at radius 1 is 0.625 bits per heavy atom. The van der Waals surface area contributed by atoms with Gasteiger partial charge in [0.15, 0.2) is 0 Å². The number of aliphatic carboxylic acids is 2. The molecule has 2 N–H and O–H groups in total. The Balaban J connectivity index is 2.42. The van der Waals surface area contributed by atoms with Gasteiger partial charge >= 0.3 is 11.9 Å². The quantitative estimate of drug-likeness (QED) is 0.227. The molecule has 4 nitrogen and oxygen atoms in total. The summed E-state index contributed by atoms with van der Waals surface area (Å²) in [5.74, 6) is -1.37. The predicted molar refractivity (Wildman–Crippen MR) is 132 cm³/mol. The minimum absolute atomic E-state index is 0.160. The molecule has 1 aromatic carbocycles. The molecule has 1 rings (SSSR count). The van der Waals surface area contributed by atoms with Gasteiger partial charge in [0.05, 0.1) is 0 Å². The molecular formula is C28H46O4. The molecule has 0 aliphatic carbocycles. The van der Waals surface area contributed by atoms with Crippen LogP contribution in [-0.4, -0.2) is 22.2 Å². The molecule has 0 bridgehead atoms. The van der Waals surface area contributed by atoms with Crippen LogP contribution in [0.3, 0.4) is 0 Å². The average molecular weight is 447 g/mol. The highest BCUT2D eigenvalue weighted by molar-refractivity contribution is 5.66. The van der Waals surface area contributed by atoms with E-state index in [2.05, 4.69) is 39.0 Å². The van der Waals surface area contributed by atoms with Gasteiger partial charge in [-0.1, -0.05) is 90.3 Å². The number of unbranched alkanes of at least 4 members (excludes halogenated alkanes) is 10. The zero-order valence-corrected chi connectivity index (χ0v) is 20.8. The lowest BCUT2D eigenvalue weighted by Gasteiger charge is -2.21. The van der Waals surface area contributed by atoms with Crippen molar-refractivity contribution in [2.24, 2.45) is 0 Å². The summed E-state index contributed by atoms with van der Waals surface area (Å²) in [6.45, 7) is 6.81. The third kappa shape index (κ3) is 13.5. The molecule has 0 unspecified atom stereocenters. The molecule has 0 atom stereocenters. The number of hydrogen-bond acceptors (Lipinski definition) is 2. The zero-order valence-electron chi connectivity index (χ0n) is 20.8. The van der Waals surface area contributed by atoms with Gasteiger partial charge in [0.1, 0.15) is 0 Å². The molecule has 0 saturated carbocycles. The first-order chi connectivity index (χ1) is 15.2. The highest BCUT2D eigenvalue weighted by atomic mass is 16.4. The monoisotopic (exact) mass is 446 g/mol. The van der Waals surface area contributed by atoms with E-state index < -0.39 is 11.9 Å². The molecule has 4 heteroatoms. The molecule has 0 amide bonds. The summed E-state index contributed by atoms with van der Waals surface area (Å²) in [4.78, 5) is 21.1. The zero-order chi connectivity index (χ0) is 23.8. The van der Waals surface area contributed by atoms with E-state index in [1.807, 2.05) is 0 Å². The number of aryl methyl sites for hydroxylation is 2. The topological polar surface area (TPSA) is 74.6 Å². The number of hydrogen-bond donors (Lipinski definition) is 2.